The lowest BCUT2D eigenvalue weighted by atomic mass is 10.0. The van der Waals surface area contributed by atoms with Crippen LogP contribution in [-0.4, -0.2) is 30.2 Å². The molecule has 5 aromatic rings. The number of H-pyrrole nitrogens is 1. The van der Waals surface area contributed by atoms with Crippen molar-refractivity contribution in [1.29, 1.82) is 0 Å². The molecule has 41 heavy (non-hydrogen) atoms. The van der Waals surface area contributed by atoms with E-state index in [9.17, 15) is 9.59 Å². The molecule has 206 valence electrons. The second-order valence-electron chi connectivity index (χ2n) is 8.64. The van der Waals surface area contributed by atoms with Crippen molar-refractivity contribution in [1.82, 2.24) is 10.4 Å². The van der Waals surface area contributed by atoms with Gasteiger partial charge in [0.25, 0.3) is 5.91 Å². The highest BCUT2D eigenvalue weighted by Gasteiger charge is 2.22. The van der Waals surface area contributed by atoms with Gasteiger partial charge in [-0.25, -0.2) is 10.2 Å². The molecule has 11 heteroatoms. The number of hydrogen-bond acceptors (Lipinski definition) is 5. The number of hydrazone groups is 1. The molecule has 0 saturated heterocycles. The smallest absolute Gasteiger partial charge is 0.343 e. The number of aromatic nitrogens is 1. The molecule has 1 heterocycles. The first kappa shape index (κ1) is 29.1. The Labute approximate surface area is 265 Å². The number of carbonyl (C=O) groups excluding carboxylic acids is 2. The van der Waals surface area contributed by atoms with Gasteiger partial charge in [-0.15, -0.1) is 0 Å². The molecule has 0 saturated carbocycles. The predicted molar refractivity (Wildman–Crippen MR) is 171 cm³/mol. The molecule has 7 nitrogen and oxygen atoms in total. The summed E-state index contributed by atoms with van der Waals surface area (Å²) in [5, 5.41) is 5.51. The fourth-order valence-corrected chi connectivity index (χ4v) is 6.23. The Morgan fingerprint density at radius 3 is 2.51 bits per heavy atom. The number of carbonyl (C=O) groups is 2. The number of benzene rings is 4. The van der Waals surface area contributed by atoms with Crippen LogP contribution in [0.3, 0.4) is 0 Å². The molecule has 0 aliphatic heterocycles. The minimum absolute atomic E-state index is 0.227. The summed E-state index contributed by atoms with van der Waals surface area (Å²) < 4.78 is 12.9. The van der Waals surface area contributed by atoms with Gasteiger partial charge in [0.2, 0.25) is 0 Å². The van der Waals surface area contributed by atoms with Gasteiger partial charge in [0, 0.05) is 36.0 Å². The maximum Gasteiger partial charge on any atom is 0.343 e. The molecule has 0 radical (unpaired) electrons. The molecular formula is C30H19Br3ClN3O4. The van der Waals surface area contributed by atoms with Gasteiger partial charge in [-0.05, 0) is 74.3 Å². The van der Waals surface area contributed by atoms with Crippen LogP contribution < -0.4 is 14.9 Å². The van der Waals surface area contributed by atoms with Crippen LogP contribution in [0.1, 0.15) is 26.4 Å². The third kappa shape index (κ3) is 6.25. The van der Waals surface area contributed by atoms with Crippen molar-refractivity contribution in [3.05, 3.63) is 114 Å². The minimum Gasteiger partial charge on any atom is -0.497 e. The summed E-state index contributed by atoms with van der Waals surface area (Å²) in [6.45, 7) is 0. The Kier molecular flexibility index (Phi) is 8.94. The van der Waals surface area contributed by atoms with E-state index in [0.717, 1.165) is 15.4 Å². The molecule has 1 amide bonds. The van der Waals surface area contributed by atoms with Crippen molar-refractivity contribution in [3.8, 4) is 22.6 Å². The Hall–Kier alpha value is -3.44. The first-order chi connectivity index (χ1) is 19.8. The molecule has 5 rings (SSSR count). The number of aromatic amines is 1. The molecule has 0 spiro atoms. The summed E-state index contributed by atoms with van der Waals surface area (Å²) in [7, 11) is 1.52. The summed E-state index contributed by atoms with van der Waals surface area (Å²) in [5.41, 5.74) is 5.72. The number of hydrogen-bond donors (Lipinski definition) is 2. The normalized spacial score (nSPS) is 11.1. The van der Waals surface area contributed by atoms with E-state index in [1.165, 1.54) is 13.3 Å². The van der Waals surface area contributed by atoms with E-state index >= 15 is 0 Å². The van der Waals surface area contributed by atoms with Crippen molar-refractivity contribution in [2.75, 3.05) is 7.11 Å². The Morgan fingerprint density at radius 2 is 1.73 bits per heavy atom. The lowest BCUT2D eigenvalue weighted by molar-refractivity contribution is 0.0732. The van der Waals surface area contributed by atoms with Crippen LogP contribution in [0.25, 0.3) is 22.0 Å². The number of nitrogens with one attached hydrogen (secondary N) is 2. The number of nitrogens with zero attached hydrogens (tertiary/aromatic N) is 1. The number of methoxy groups -OCH3 is 1. The van der Waals surface area contributed by atoms with E-state index in [1.54, 1.807) is 42.5 Å². The van der Waals surface area contributed by atoms with E-state index in [-0.39, 0.29) is 11.4 Å². The molecule has 1 aromatic heterocycles. The zero-order valence-electron chi connectivity index (χ0n) is 21.2. The van der Waals surface area contributed by atoms with Gasteiger partial charge in [-0.3, -0.25) is 4.79 Å². The molecule has 0 unspecified atom stereocenters. The van der Waals surface area contributed by atoms with Crippen LogP contribution in [0.15, 0.2) is 97.4 Å². The van der Waals surface area contributed by atoms with Crippen LogP contribution >= 0.6 is 59.4 Å². The Bertz CT molecular complexity index is 1840. The van der Waals surface area contributed by atoms with Gasteiger partial charge in [0.1, 0.15) is 11.4 Å². The highest BCUT2D eigenvalue weighted by Crippen LogP contribution is 2.39. The molecule has 0 aliphatic carbocycles. The van der Waals surface area contributed by atoms with Gasteiger partial charge in [-0.1, -0.05) is 63.9 Å². The number of halogens is 4. The zero-order chi connectivity index (χ0) is 29.1. The van der Waals surface area contributed by atoms with Gasteiger partial charge in [0.05, 0.1) is 28.9 Å². The fraction of sp³-hybridized carbons (Fsp3) is 0.0333. The molecule has 0 aliphatic rings. The first-order valence-corrected chi connectivity index (χ1v) is 14.8. The Balaban J connectivity index is 1.45. The van der Waals surface area contributed by atoms with Crippen LogP contribution in [0.5, 0.6) is 11.5 Å². The van der Waals surface area contributed by atoms with E-state index in [2.05, 4.69) is 63.3 Å². The summed E-state index contributed by atoms with van der Waals surface area (Å²) >= 11 is 17.0. The average Bonchev–Trinajstić information content (AvgIpc) is 3.36. The predicted octanol–water partition coefficient (Wildman–Crippen LogP) is 8.77. The van der Waals surface area contributed by atoms with Crippen molar-refractivity contribution < 1.29 is 19.1 Å². The zero-order valence-corrected chi connectivity index (χ0v) is 26.7. The number of amides is 1. The standard InChI is InChI=1S/C30H19Br3ClN3O4/c1-40-19-7-4-6-16(13-19)30(39)41-28-17(12-18(31)14-23(28)33)15-35-37-29(38)27-25(20-8-2-3-11-24(20)34)21-9-5-10-22(32)26(21)36-27/h2-15,36H,1H3,(H,37,38). The third-order valence-electron chi connectivity index (χ3n) is 6.06. The monoisotopic (exact) mass is 757 g/mol. The number of esters is 1. The number of rotatable bonds is 7. The van der Waals surface area contributed by atoms with Crippen LogP contribution in [-0.2, 0) is 0 Å². The maximum absolute atomic E-state index is 13.4. The van der Waals surface area contributed by atoms with Crippen LogP contribution in [0.4, 0.5) is 0 Å². The quantitative estimate of drug-likeness (QED) is 0.0752. The van der Waals surface area contributed by atoms with Gasteiger partial charge in [0.15, 0.2) is 5.75 Å². The highest BCUT2D eigenvalue weighted by molar-refractivity contribution is 9.11. The number of fused-ring (bicyclic) bond motifs is 1. The van der Waals surface area contributed by atoms with Crippen molar-refractivity contribution >= 4 is 88.4 Å². The first-order valence-electron chi connectivity index (χ1n) is 12.0. The molecule has 0 fully saturated rings. The Morgan fingerprint density at radius 1 is 0.951 bits per heavy atom. The summed E-state index contributed by atoms with van der Waals surface area (Å²) in [6.07, 6.45) is 1.40. The maximum atomic E-state index is 13.4. The second kappa shape index (κ2) is 12.6. The largest absolute Gasteiger partial charge is 0.497 e. The number of ether oxygens (including phenoxy) is 2. The summed E-state index contributed by atoms with van der Waals surface area (Å²) in [5.74, 6) is -0.314. The molecule has 4 aromatic carbocycles. The topological polar surface area (TPSA) is 92.8 Å². The molecule has 2 N–H and O–H groups in total. The molecule has 0 bridgehead atoms. The highest BCUT2D eigenvalue weighted by atomic mass is 79.9. The van der Waals surface area contributed by atoms with Gasteiger partial charge >= 0.3 is 5.97 Å². The van der Waals surface area contributed by atoms with E-state index < -0.39 is 11.9 Å². The fourth-order valence-electron chi connectivity index (χ4n) is 4.20. The number of para-hydroxylation sites is 1. The van der Waals surface area contributed by atoms with E-state index in [0.29, 0.717) is 42.0 Å². The van der Waals surface area contributed by atoms with Crippen molar-refractivity contribution in [2.45, 2.75) is 0 Å². The van der Waals surface area contributed by atoms with Crippen LogP contribution in [0.2, 0.25) is 5.02 Å². The second-order valence-corrected chi connectivity index (χ2v) is 11.7. The van der Waals surface area contributed by atoms with Gasteiger partial charge < -0.3 is 14.5 Å². The molecular weight excluding hydrogens is 742 g/mol. The van der Waals surface area contributed by atoms with E-state index in [4.69, 9.17) is 21.1 Å². The minimum atomic E-state index is -0.585. The van der Waals surface area contributed by atoms with Gasteiger partial charge in [-0.2, -0.15) is 5.10 Å². The SMILES string of the molecule is COc1cccc(C(=O)Oc2c(Br)cc(Br)cc2C=NNC(=O)c2[nH]c3c(Br)cccc3c2-c2ccccc2Cl)c1. The molecule has 0 atom stereocenters. The van der Waals surface area contributed by atoms with Crippen molar-refractivity contribution in [2.24, 2.45) is 5.10 Å². The summed E-state index contributed by atoms with van der Waals surface area (Å²) in [6, 6.07) is 23.1. The third-order valence-corrected chi connectivity index (χ3v) is 8.10. The lowest BCUT2D eigenvalue weighted by Crippen LogP contribution is -2.19. The van der Waals surface area contributed by atoms with E-state index in [1.807, 2.05) is 36.4 Å². The summed E-state index contributed by atoms with van der Waals surface area (Å²) in [4.78, 5) is 29.5. The van der Waals surface area contributed by atoms with Crippen molar-refractivity contribution in [3.63, 3.8) is 0 Å². The lowest BCUT2D eigenvalue weighted by Gasteiger charge is -2.11. The average molecular weight is 761 g/mol. The van der Waals surface area contributed by atoms with Crippen LogP contribution in [0, 0.1) is 0 Å².